The zero-order valence-electron chi connectivity index (χ0n) is 41.1. The number of ether oxygens (including phenoxy) is 2. The van der Waals surface area contributed by atoms with Gasteiger partial charge < -0.3 is 44.6 Å². The number of allylic oxidation sites excluding steroid dienone is 16. The molecule has 1 saturated carbocycles. The number of esters is 2. The van der Waals surface area contributed by atoms with Gasteiger partial charge >= 0.3 is 27.6 Å². The van der Waals surface area contributed by atoms with Crippen molar-refractivity contribution in [3.63, 3.8) is 0 Å². The molecule has 0 radical (unpaired) electrons. The number of phosphoric acid groups is 2. The molecule has 0 spiro atoms. The molecule has 8 atom stereocenters. The highest BCUT2D eigenvalue weighted by molar-refractivity contribution is 7.47. The summed E-state index contributed by atoms with van der Waals surface area (Å²) in [5.41, 5.74) is 0. The van der Waals surface area contributed by atoms with Crippen LogP contribution >= 0.6 is 15.6 Å². The van der Waals surface area contributed by atoms with Crippen LogP contribution in [0.15, 0.2) is 97.2 Å². The first-order chi connectivity index (χ1) is 33.5. The molecule has 1 rings (SSSR count). The van der Waals surface area contributed by atoms with Gasteiger partial charge in [0, 0.05) is 19.3 Å². The first-order valence-corrected chi connectivity index (χ1v) is 27.8. The van der Waals surface area contributed by atoms with E-state index in [1.807, 2.05) is 12.2 Å². The molecule has 19 heteroatoms. The minimum absolute atomic E-state index is 0.00434. The van der Waals surface area contributed by atoms with Crippen LogP contribution < -0.4 is 0 Å². The minimum Gasteiger partial charge on any atom is -0.462 e. The van der Waals surface area contributed by atoms with Crippen molar-refractivity contribution in [2.75, 3.05) is 13.2 Å². The fourth-order valence-electron chi connectivity index (χ4n) is 6.79. The van der Waals surface area contributed by atoms with Crippen LogP contribution in [-0.2, 0) is 46.6 Å². The van der Waals surface area contributed by atoms with Crippen LogP contribution in [0.2, 0.25) is 0 Å². The summed E-state index contributed by atoms with van der Waals surface area (Å²) >= 11 is 0. The molecule has 5 unspecified atom stereocenters. The highest BCUT2D eigenvalue weighted by Gasteiger charge is 2.54. The molecule has 17 nitrogen and oxygen atoms in total. The van der Waals surface area contributed by atoms with E-state index in [1.165, 1.54) is 25.3 Å². The average Bonchev–Trinajstić information content (AvgIpc) is 3.31. The third-order valence-corrected chi connectivity index (χ3v) is 12.1. The zero-order chi connectivity index (χ0) is 51.9. The Morgan fingerprint density at radius 2 is 1.01 bits per heavy atom. The number of carbonyl (C=O) groups excluding carboxylic acids is 3. The number of hydrogen-bond acceptors (Lipinski definition) is 14. The molecule has 0 amide bonds. The summed E-state index contributed by atoms with van der Waals surface area (Å²) in [4.78, 5) is 66.7. The van der Waals surface area contributed by atoms with E-state index in [4.69, 9.17) is 18.5 Å². The van der Waals surface area contributed by atoms with Crippen molar-refractivity contribution in [2.24, 2.45) is 0 Å². The van der Waals surface area contributed by atoms with Gasteiger partial charge in [0.05, 0.1) is 6.61 Å². The second-order valence-corrected chi connectivity index (χ2v) is 19.4. The molecule has 0 aromatic rings. The molecule has 1 aliphatic carbocycles. The Bertz CT molecular complexity index is 1780. The minimum atomic E-state index is -5.40. The molecule has 1 aliphatic rings. The van der Waals surface area contributed by atoms with E-state index >= 15 is 0 Å². The molecule has 0 aromatic heterocycles. The molecule has 70 heavy (non-hydrogen) atoms. The van der Waals surface area contributed by atoms with Gasteiger partial charge in [-0.15, -0.1) is 0 Å². The van der Waals surface area contributed by atoms with Gasteiger partial charge in [-0.3, -0.25) is 28.0 Å². The third kappa shape index (κ3) is 34.0. The smallest absolute Gasteiger partial charge is 0.462 e. The van der Waals surface area contributed by atoms with Gasteiger partial charge in [-0.25, -0.2) is 9.13 Å². The number of rotatable bonds is 40. The Morgan fingerprint density at radius 1 is 0.514 bits per heavy atom. The number of ketones is 1. The van der Waals surface area contributed by atoms with E-state index in [1.54, 1.807) is 12.2 Å². The van der Waals surface area contributed by atoms with E-state index in [0.29, 0.717) is 12.8 Å². The van der Waals surface area contributed by atoms with E-state index in [-0.39, 0.29) is 31.5 Å². The monoisotopic (exact) mass is 1030 g/mol. The highest BCUT2D eigenvalue weighted by atomic mass is 31.2. The molecular weight excluding hydrogens is 946 g/mol. The van der Waals surface area contributed by atoms with E-state index in [9.17, 15) is 58.6 Å². The van der Waals surface area contributed by atoms with Crippen LogP contribution in [0.4, 0.5) is 0 Å². The van der Waals surface area contributed by atoms with Crippen LogP contribution in [0.25, 0.3) is 0 Å². The Morgan fingerprint density at radius 3 is 1.59 bits per heavy atom. The van der Waals surface area contributed by atoms with Gasteiger partial charge in [0.1, 0.15) is 43.2 Å². The lowest BCUT2D eigenvalue weighted by Gasteiger charge is -2.43. The second kappa shape index (κ2) is 40.1. The predicted molar refractivity (Wildman–Crippen MR) is 269 cm³/mol. The number of hydrogen-bond donors (Lipinski definition) is 7. The van der Waals surface area contributed by atoms with E-state index < -0.39 is 83.5 Å². The Kier molecular flexibility index (Phi) is 37.0. The van der Waals surface area contributed by atoms with Gasteiger partial charge in [0.25, 0.3) is 0 Å². The Balaban J connectivity index is 2.66. The maximum atomic E-state index is 13.0. The van der Waals surface area contributed by atoms with E-state index in [2.05, 4.69) is 85.2 Å². The van der Waals surface area contributed by atoms with Crippen molar-refractivity contribution in [2.45, 2.75) is 191 Å². The first kappa shape index (κ1) is 64.6. The molecule has 0 aliphatic heterocycles. The van der Waals surface area contributed by atoms with Crippen LogP contribution in [0.1, 0.15) is 149 Å². The Labute approximate surface area is 415 Å². The topological polar surface area (TPSA) is 273 Å². The molecular formula is C51H82O17P2. The summed E-state index contributed by atoms with van der Waals surface area (Å²) in [5.74, 6) is -1.73. The molecule has 0 aromatic carbocycles. The second-order valence-electron chi connectivity index (χ2n) is 16.8. The lowest BCUT2D eigenvalue weighted by molar-refractivity contribution is -0.216. The molecule has 398 valence electrons. The van der Waals surface area contributed by atoms with Gasteiger partial charge in [-0.1, -0.05) is 144 Å². The van der Waals surface area contributed by atoms with Crippen molar-refractivity contribution >= 4 is 33.4 Å². The lowest BCUT2D eigenvalue weighted by Crippen LogP contribution is -2.64. The largest absolute Gasteiger partial charge is 0.472 e. The van der Waals surface area contributed by atoms with Gasteiger partial charge in [0.2, 0.25) is 0 Å². The maximum Gasteiger partial charge on any atom is 0.472 e. The summed E-state index contributed by atoms with van der Waals surface area (Å²) in [7, 11) is -10.8. The fraction of sp³-hybridized carbons (Fsp3) is 0.627. The normalized spacial score (nSPS) is 21.7. The summed E-state index contributed by atoms with van der Waals surface area (Å²) in [5, 5.41) is 41.3. The average molecular weight is 1030 g/mol. The van der Waals surface area contributed by atoms with Crippen molar-refractivity contribution in [1.29, 1.82) is 0 Å². The van der Waals surface area contributed by atoms with Crippen molar-refractivity contribution < 1.29 is 81.7 Å². The summed E-state index contributed by atoms with van der Waals surface area (Å²) in [6, 6.07) is 0. The van der Waals surface area contributed by atoms with Crippen LogP contribution in [0, 0.1) is 0 Å². The maximum absolute atomic E-state index is 13.0. The molecule has 1 fully saturated rings. The summed E-state index contributed by atoms with van der Waals surface area (Å²) in [6.07, 6.45) is 33.5. The molecule has 7 N–H and O–H groups in total. The van der Waals surface area contributed by atoms with E-state index in [0.717, 1.165) is 77.0 Å². The highest BCUT2D eigenvalue weighted by Crippen LogP contribution is 2.49. The van der Waals surface area contributed by atoms with Crippen molar-refractivity contribution in [1.82, 2.24) is 0 Å². The number of unbranched alkanes of at least 4 members (excludes halogenated alkanes) is 9. The van der Waals surface area contributed by atoms with Crippen molar-refractivity contribution in [3.8, 4) is 0 Å². The summed E-state index contributed by atoms with van der Waals surface area (Å²) < 4.78 is 49.2. The van der Waals surface area contributed by atoms with Crippen LogP contribution in [0.3, 0.4) is 0 Å². The zero-order valence-corrected chi connectivity index (χ0v) is 42.9. The molecule has 0 heterocycles. The van der Waals surface area contributed by atoms with Crippen LogP contribution in [-0.4, -0.2) is 109 Å². The fourth-order valence-corrected chi connectivity index (χ4v) is 8.33. The molecule has 0 bridgehead atoms. The molecule has 0 saturated heterocycles. The van der Waals surface area contributed by atoms with Crippen molar-refractivity contribution in [3.05, 3.63) is 97.2 Å². The third-order valence-electron chi connectivity index (χ3n) is 10.6. The SMILES string of the molecule is CC/C=C\C/C=C\C/C=C\C/C=C\CCCCCCCCC(=O)OC[C@H](COP(=O)(O)O[C@H]1C(O)C(O)C(O)[C@@H](OP(=O)(O)O)C1O)OC(=O)CCCC(=O)/C=C/C=C\C/C=C\C/C=C\CCCCC. The Hall–Kier alpha value is -3.41. The standard InChI is InChI=1S/C51H82O17P2/c1-3-5-7-9-11-13-15-17-18-19-20-21-22-24-26-28-30-32-34-38-44(53)64-40-43(41-65-70(62,63)68-51-48(57)46(55)47(56)50(49(51)58)67-69(59,60)61)66-45(54)39-35-37-42(52)36-33-31-29-27-25-23-16-14-12-10-8-6-4-2/h5,7,11-14,17-18,20-21,23,25,29,31,33,36,43,46-51,55-58H,3-4,6,8-10,15-16,19,22,24,26-28,30,32,34-35,37-41H2,1-2H3,(H,62,63)(H2,59,60,61)/b7-5-,13-11-,14-12-,18-17-,21-20-,25-23-,31-29-,36-33+/t43-,46?,47?,48?,49?,50-,51+/m1/s1. The number of aliphatic hydroxyl groups excluding tert-OH is 4. The van der Waals surface area contributed by atoms with Crippen LogP contribution in [0.5, 0.6) is 0 Å². The quantitative estimate of drug-likeness (QED) is 0.00752. The number of phosphoric ester groups is 2. The summed E-state index contributed by atoms with van der Waals surface area (Å²) in [6.45, 7) is 2.75. The predicted octanol–water partition coefficient (Wildman–Crippen LogP) is 9.13. The van der Waals surface area contributed by atoms with Gasteiger partial charge in [0.15, 0.2) is 11.9 Å². The first-order valence-electron chi connectivity index (χ1n) is 24.7. The lowest BCUT2D eigenvalue weighted by atomic mass is 9.85. The van der Waals surface area contributed by atoms with Gasteiger partial charge in [-0.05, 0) is 83.1 Å². The number of aliphatic hydroxyl groups is 4. The number of carbonyl (C=O) groups is 3. The van der Waals surface area contributed by atoms with Gasteiger partial charge in [-0.2, -0.15) is 0 Å².